The summed E-state index contributed by atoms with van der Waals surface area (Å²) in [5.41, 5.74) is -1.30. The minimum Gasteiger partial charge on any atom is -0.477 e. The average molecular weight is 403 g/mol. The van der Waals surface area contributed by atoms with Gasteiger partial charge in [0.05, 0.1) is 10.9 Å². The number of rotatable bonds is 4. The third kappa shape index (κ3) is 2.54. The molecule has 1 aliphatic heterocycles. The van der Waals surface area contributed by atoms with Gasteiger partial charge in [0.1, 0.15) is 11.3 Å². The van der Waals surface area contributed by atoms with E-state index in [0.717, 1.165) is 25.7 Å². The van der Waals surface area contributed by atoms with Gasteiger partial charge in [-0.15, -0.1) is 0 Å². The summed E-state index contributed by atoms with van der Waals surface area (Å²) in [6.45, 7) is 2.50. The van der Waals surface area contributed by atoms with Crippen LogP contribution in [0.3, 0.4) is 0 Å². The van der Waals surface area contributed by atoms with Crippen LogP contribution in [0.25, 0.3) is 10.9 Å². The Hall–Kier alpha value is -2.48. The summed E-state index contributed by atoms with van der Waals surface area (Å²) in [4.78, 5) is 26.1. The summed E-state index contributed by atoms with van der Waals surface area (Å²) in [7, 11) is 1.87. The molecule has 2 N–H and O–H groups in total. The van der Waals surface area contributed by atoms with Crippen molar-refractivity contribution in [2.45, 2.75) is 44.7 Å². The van der Waals surface area contributed by atoms with Crippen LogP contribution in [0.4, 0.5) is 14.5 Å². The molecule has 2 aliphatic carbocycles. The number of benzene rings is 1. The molecule has 8 heteroatoms. The molecule has 3 aliphatic rings. The minimum absolute atomic E-state index is 0.0108. The summed E-state index contributed by atoms with van der Waals surface area (Å²) in [5, 5.41) is 12.5. The fraction of sp³-hybridized carbons (Fsp3) is 0.524. The standard InChI is InChI=1S/C21H23F2N3O3/c1-10-14-17(26(11-3-4-11)7-12(19(14)27)20(28)29)16(23)18(15(10)22)25-8-13(24-2)21(9-25)5-6-21/h7,11,13,24H,3-6,8-9H2,1-2H3,(H,28,29). The molecule has 1 aromatic heterocycles. The summed E-state index contributed by atoms with van der Waals surface area (Å²) in [5.74, 6) is -2.93. The molecule has 1 atom stereocenters. The summed E-state index contributed by atoms with van der Waals surface area (Å²) in [6.07, 6.45) is 4.82. The van der Waals surface area contributed by atoms with Gasteiger partial charge < -0.3 is 19.9 Å². The van der Waals surface area contributed by atoms with Crippen molar-refractivity contribution in [2.24, 2.45) is 5.41 Å². The van der Waals surface area contributed by atoms with Crippen molar-refractivity contribution in [2.75, 3.05) is 25.0 Å². The lowest BCUT2D eigenvalue weighted by Crippen LogP contribution is -2.34. The van der Waals surface area contributed by atoms with Crippen molar-refractivity contribution in [1.29, 1.82) is 0 Å². The van der Waals surface area contributed by atoms with Gasteiger partial charge in [-0.3, -0.25) is 4.79 Å². The summed E-state index contributed by atoms with van der Waals surface area (Å²) in [6, 6.07) is 0.0964. The third-order valence-corrected chi connectivity index (χ3v) is 6.94. The van der Waals surface area contributed by atoms with Crippen molar-refractivity contribution in [3.63, 3.8) is 0 Å². The highest BCUT2D eigenvalue weighted by atomic mass is 19.1. The normalized spacial score (nSPS) is 22.6. The second kappa shape index (κ2) is 6.01. The van der Waals surface area contributed by atoms with Crippen molar-refractivity contribution in [1.82, 2.24) is 9.88 Å². The number of nitrogens with one attached hydrogen (secondary N) is 1. The average Bonchev–Trinajstić information content (AvgIpc) is 3.58. The van der Waals surface area contributed by atoms with Gasteiger partial charge in [-0.2, -0.15) is 0 Å². The van der Waals surface area contributed by atoms with E-state index in [0.29, 0.717) is 13.1 Å². The number of nitrogens with zero attached hydrogens (tertiary/aromatic N) is 2. The number of hydrogen-bond acceptors (Lipinski definition) is 4. The maximum atomic E-state index is 15.8. The van der Waals surface area contributed by atoms with Crippen molar-refractivity contribution in [3.8, 4) is 0 Å². The van der Waals surface area contributed by atoms with E-state index in [9.17, 15) is 14.7 Å². The highest BCUT2D eigenvalue weighted by Crippen LogP contribution is 2.54. The molecule has 154 valence electrons. The maximum absolute atomic E-state index is 15.8. The van der Waals surface area contributed by atoms with E-state index >= 15 is 8.78 Å². The van der Waals surface area contributed by atoms with Gasteiger partial charge in [0.15, 0.2) is 11.6 Å². The van der Waals surface area contributed by atoms with Gasteiger partial charge in [-0.1, -0.05) is 0 Å². The van der Waals surface area contributed by atoms with Crippen molar-refractivity contribution < 1.29 is 18.7 Å². The Morgan fingerprint density at radius 3 is 2.48 bits per heavy atom. The molecule has 2 heterocycles. The smallest absolute Gasteiger partial charge is 0.341 e. The van der Waals surface area contributed by atoms with Crippen LogP contribution in [0.1, 0.15) is 47.6 Å². The van der Waals surface area contributed by atoms with E-state index in [2.05, 4.69) is 5.32 Å². The zero-order chi connectivity index (χ0) is 20.7. The summed E-state index contributed by atoms with van der Waals surface area (Å²) >= 11 is 0. The third-order valence-electron chi connectivity index (χ3n) is 6.94. The first kappa shape index (κ1) is 18.5. The van der Waals surface area contributed by atoms with Crippen LogP contribution in [-0.4, -0.2) is 41.8 Å². The number of aromatic nitrogens is 1. The van der Waals surface area contributed by atoms with Crippen LogP contribution in [0.2, 0.25) is 0 Å². The van der Waals surface area contributed by atoms with Gasteiger partial charge in [0, 0.05) is 42.3 Å². The molecular weight excluding hydrogens is 380 g/mol. The summed E-state index contributed by atoms with van der Waals surface area (Å²) < 4.78 is 32.8. The molecular formula is C21H23F2N3O3. The van der Waals surface area contributed by atoms with Gasteiger partial charge in [0.25, 0.3) is 0 Å². The molecule has 0 radical (unpaired) electrons. The lowest BCUT2D eigenvalue weighted by atomic mass is 10.0. The van der Waals surface area contributed by atoms with Crippen LogP contribution < -0.4 is 15.6 Å². The molecule has 29 heavy (non-hydrogen) atoms. The number of aryl methyl sites for hydroxylation is 1. The van der Waals surface area contributed by atoms with Crippen LogP contribution in [-0.2, 0) is 0 Å². The lowest BCUT2D eigenvalue weighted by molar-refractivity contribution is 0.0695. The van der Waals surface area contributed by atoms with Crippen LogP contribution in [0.5, 0.6) is 0 Å². The van der Waals surface area contributed by atoms with E-state index in [4.69, 9.17) is 0 Å². The number of anilines is 1. The van der Waals surface area contributed by atoms with Crippen LogP contribution in [0.15, 0.2) is 11.0 Å². The molecule has 6 nitrogen and oxygen atoms in total. The number of likely N-dealkylation sites (N-methyl/N-ethyl adjacent to an activating group) is 1. The second-order valence-electron chi connectivity index (χ2n) is 8.72. The molecule has 1 spiro atoms. The quantitative estimate of drug-likeness (QED) is 0.821. The zero-order valence-electron chi connectivity index (χ0n) is 16.4. The molecule has 2 aromatic rings. The number of pyridine rings is 1. The molecule has 1 unspecified atom stereocenters. The number of halogens is 2. The van der Waals surface area contributed by atoms with E-state index in [-0.39, 0.29) is 39.7 Å². The molecule has 0 bridgehead atoms. The maximum Gasteiger partial charge on any atom is 0.341 e. The van der Waals surface area contributed by atoms with Crippen LogP contribution in [0, 0.1) is 24.0 Å². The molecule has 0 amide bonds. The Labute approximate surface area is 166 Å². The number of hydrogen-bond donors (Lipinski definition) is 2. The molecule has 1 saturated heterocycles. The predicted molar refractivity (Wildman–Crippen MR) is 105 cm³/mol. The Morgan fingerprint density at radius 2 is 1.97 bits per heavy atom. The van der Waals surface area contributed by atoms with Gasteiger partial charge in [-0.25, -0.2) is 13.6 Å². The van der Waals surface area contributed by atoms with Crippen LogP contribution >= 0.6 is 0 Å². The Bertz CT molecular complexity index is 1120. The predicted octanol–water partition coefficient (Wildman–Crippen LogP) is 2.81. The minimum atomic E-state index is -1.39. The van der Waals surface area contributed by atoms with E-state index in [1.165, 1.54) is 17.7 Å². The molecule has 1 aromatic carbocycles. The van der Waals surface area contributed by atoms with Gasteiger partial charge in [0.2, 0.25) is 5.43 Å². The van der Waals surface area contributed by atoms with Crippen molar-refractivity contribution in [3.05, 3.63) is 39.2 Å². The second-order valence-corrected chi connectivity index (χ2v) is 8.72. The topological polar surface area (TPSA) is 74.6 Å². The van der Waals surface area contributed by atoms with E-state index in [1.54, 1.807) is 4.90 Å². The molecule has 3 fully saturated rings. The Balaban J connectivity index is 1.78. The Morgan fingerprint density at radius 1 is 1.28 bits per heavy atom. The lowest BCUT2D eigenvalue weighted by Gasteiger charge is -2.24. The van der Waals surface area contributed by atoms with Gasteiger partial charge >= 0.3 is 5.97 Å². The van der Waals surface area contributed by atoms with Gasteiger partial charge in [-0.05, 0) is 39.7 Å². The molecule has 2 saturated carbocycles. The SMILES string of the molecule is CNC1CN(c2c(F)c(C)c3c(=O)c(C(=O)O)cn(C4CC4)c3c2F)CC12CC2. The number of carbonyl (C=O) groups is 1. The number of fused-ring (bicyclic) bond motifs is 1. The number of carboxylic acid groups (broad SMARTS) is 1. The fourth-order valence-electron chi connectivity index (χ4n) is 4.97. The first-order valence-electron chi connectivity index (χ1n) is 10.0. The Kier molecular flexibility index (Phi) is 3.84. The number of carboxylic acids is 1. The number of aromatic carboxylic acids is 1. The van der Waals surface area contributed by atoms with E-state index in [1.807, 2.05) is 7.05 Å². The van der Waals surface area contributed by atoms with E-state index < -0.39 is 28.6 Å². The zero-order valence-corrected chi connectivity index (χ0v) is 16.4. The highest BCUT2D eigenvalue weighted by molar-refractivity contribution is 5.95. The monoisotopic (exact) mass is 403 g/mol. The van der Waals surface area contributed by atoms with Crippen molar-refractivity contribution >= 4 is 22.6 Å². The molecule has 5 rings (SSSR count). The first-order valence-corrected chi connectivity index (χ1v) is 10.0. The first-order chi connectivity index (χ1) is 13.8. The largest absolute Gasteiger partial charge is 0.477 e. The fourth-order valence-corrected chi connectivity index (χ4v) is 4.97. The highest BCUT2D eigenvalue weighted by Gasteiger charge is 2.55.